The molecule has 1 N–H and O–H groups in total. The van der Waals surface area contributed by atoms with E-state index in [1.54, 1.807) is 0 Å². The van der Waals surface area contributed by atoms with Gasteiger partial charge in [0.25, 0.3) is 5.92 Å². The second-order valence-corrected chi connectivity index (χ2v) is 1.45. The summed E-state index contributed by atoms with van der Waals surface area (Å²) in [6.07, 6.45) is -0.885. The molecule has 50 valence electrons. The molecular formula is C4H7F3O. The Kier molecular flexibility index (Phi) is 2.82. The summed E-state index contributed by atoms with van der Waals surface area (Å²) in [7, 11) is 0. The van der Waals surface area contributed by atoms with Crippen molar-refractivity contribution in [2.24, 2.45) is 0 Å². The van der Waals surface area contributed by atoms with Gasteiger partial charge in [-0.05, 0) is 0 Å². The third kappa shape index (κ3) is 2.85. The van der Waals surface area contributed by atoms with Crippen LogP contribution < -0.4 is 0 Å². The van der Waals surface area contributed by atoms with E-state index >= 15 is 0 Å². The van der Waals surface area contributed by atoms with Crippen molar-refractivity contribution in [3.05, 3.63) is 0 Å². The molecule has 0 fully saturated rings. The third-order valence-electron chi connectivity index (χ3n) is 0.692. The van der Waals surface area contributed by atoms with Gasteiger partial charge in [0.2, 0.25) is 0 Å². The fourth-order valence-electron chi connectivity index (χ4n) is 0.217. The highest BCUT2D eigenvalue weighted by Crippen LogP contribution is 2.16. The van der Waals surface area contributed by atoms with Crippen LogP contribution in [0, 0.1) is 0 Å². The number of hydrogen-bond acceptors (Lipinski definition) is 1. The van der Waals surface area contributed by atoms with Gasteiger partial charge < -0.3 is 5.11 Å². The van der Waals surface area contributed by atoms with Crippen LogP contribution in [0.25, 0.3) is 0 Å². The summed E-state index contributed by atoms with van der Waals surface area (Å²) in [5.41, 5.74) is 0. The van der Waals surface area contributed by atoms with Gasteiger partial charge in [-0.15, -0.1) is 0 Å². The first-order chi connectivity index (χ1) is 3.62. The molecule has 0 bridgehead atoms. The van der Waals surface area contributed by atoms with Crippen molar-refractivity contribution in [1.29, 1.82) is 0 Å². The zero-order chi connectivity index (χ0) is 6.62. The molecule has 0 unspecified atom stereocenters. The zero-order valence-electron chi connectivity index (χ0n) is 4.20. The summed E-state index contributed by atoms with van der Waals surface area (Å²) in [5, 5.41) is 7.81. The van der Waals surface area contributed by atoms with Gasteiger partial charge in [0, 0.05) is 6.42 Å². The van der Waals surface area contributed by atoms with Crippen molar-refractivity contribution in [2.45, 2.75) is 12.3 Å². The first-order valence-electron chi connectivity index (χ1n) is 2.17. The van der Waals surface area contributed by atoms with Crippen LogP contribution in [-0.2, 0) is 0 Å². The first-order valence-corrected chi connectivity index (χ1v) is 2.17. The van der Waals surface area contributed by atoms with E-state index in [9.17, 15) is 13.2 Å². The number of aliphatic hydroxyl groups excluding tert-OH is 1. The van der Waals surface area contributed by atoms with E-state index in [4.69, 9.17) is 5.11 Å². The predicted molar refractivity (Wildman–Crippen MR) is 22.6 cm³/mol. The first kappa shape index (κ1) is 7.75. The molecule has 0 radical (unpaired) electrons. The van der Waals surface area contributed by atoms with Gasteiger partial charge >= 0.3 is 0 Å². The minimum Gasteiger partial charge on any atom is -0.390 e. The highest BCUT2D eigenvalue weighted by molar-refractivity contribution is 4.61. The Morgan fingerprint density at radius 1 is 1.38 bits per heavy atom. The van der Waals surface area contributed by atoms with Gasteiger partial charge in [0.1, 0.15) is 6.61 Å². The molecule has 4 heteroatoms. The zero-order valence-corrected chi connectivity index (χ0v) is 4.20. The highest BCUT2D eigenvalue weighted by Gasteiger charge is 2.26. The number of alkyl halides is 3. The lowest BCUT2D eigenvalue weighted by atomic mass is 10.3. The maximum Gasteiger partial charge on any atom is 0.273 e. The van der Waals surface area contributed by atoms with E-state index in [1.807, 2.05) is 0 Å². The van der Waals surface area contributed by atoms with Crippen LogP contribution >= 0.6 is 0 Å². The van der Waals surface area contributed by atoms with Crippen molar-refractivity contribution in [3.63, 3.8) is 0 Å². The van der Waals surface area contributed by atoms with Crippen LogP contribution in [0.4, 0.5) is 13.2 Å². The lowest BCUT2D eigenvalue weighted by Crippen LogP contribution is -2.21. The summed E-state index contributed by atoms with van der Waals surface area (Å²) < 4.78 is 34.4. The fourth-order valence-corrected chi connectivity index (χ4v) is 0.217. The molecule has 0 aromatic carbocycles. The molecule has 0 spiro atoms. The van der Waals surface area contributed by atoms with E-state index in [0.717, 1.165) is 0 Å². The molecule has 0 aliphatic carbocycles. The summed E-state index contributed by atoms with van der Waals surface area (Å²) in [5.74, 6) is -3.23. The van der Waals surface area contributed by atoms with Gasteiger partial charge in [0.05, 0.1) is 6.67 Å². The topological polar surface area (TPSA) is 20.2 Å². The number of aliphatic hydroxyl groups is 1. The van der Waals surface area contributed by atoms with Crippen LogP contribution in [0.5, 0.6) is 0 Å². The van der Waals surface area contributed by atoms with Crippen molar-refractivity contribution < 1.29 is 18.3 Å². The molecule has 0 amide bonds. The van der Waals surface area contributed by atoms with E-state index < -0.39 is 25.6 Å². The summed E-state index contributed by atoms with van der Waals surface area (Å²) in [6.45, 7) is -2.36. The lowest BCUT2D eigenvalue weighted by Gasteiger charge is -2.08. The van der Waals surface area contributed by atoms with Crippen LogP contribution in [0.2, 0.25) is 0 Å². The highest BCUT2D eigenvalue weighted by atomic mass is 19.3. The molecule has 0 saturated carbocycles. The number of halogens is 3. The second kappa shape index (κ2) is 2.91. The van der Waals surface area contributed by atoms with Crippen molar-refractivity contribution >= 4 is 0 Å². The predicted octanol–water partition coefficient (Wildman–Crippen LogP) is 0.974. The average molecular weight is 128 g/mol. The molecule has 0 rings (SSSR count). The number of hydrogen-bond donors (Lipinski definition) is 1. The van der Waals surface area contributed by atoms with Crippen LogP contribution in [0.1, 0.15) is 6.42 Å². The van der Waals surface area contributed by atoms with E-state index in [2.05, 4.69) is 0 Å². The van der Waals surface area contributed by atoms with E-state index in [1.165, 1.54) is 0 Å². The van der Waals surface area contributed by atoms with Gasteiger partial charge in [-0.1, -0.05) is 0 Å². The molecule has 1 nitrogen and oxygen atoms in total. The Morgan fingerprint density at radius 3 is 2.00 bits per heavy atom. The van der Waals surface area contributed by atoms with Gasteiger partial charge in [-0.2, -0.15) is 0 Å². The summed E-state index contributed by atoms with van der Waals surface area (Å²) in [6, 6.07) is 0. The van der Waals surface area contributed by atoms with Crippen molar-refractivity contribution in [2.75, 3.05) is 13.3 Å². The van der Waals surface area contributed by atoms with Gasteiger partial charge in [0.15, 0.2) is 0 Å². The maximum absolute atomic E-state index is 11.7. The van der Waals surface area contributed by atoms with Crippen molar-refractivity contribution in [3.8, 4) is 0 Å². The second-order valence-electron chi connectivity index (χ2n) is 1.45. The summed E-state index contributed by atoms with van der Waals surface area (Å²) >= 11 is 0. The van der Waals surface area contributed by atoms with Crippen molar-refractivity contribution in [1.82, 2.24) is 0 Å². The van der Waals surface area contributed by atoms with E-state index in [-0.39, 0.29) is 0 Å². The molecule has 0 aliphatic rings. The normalized spacial score (nSPS) is 12.0. The Balaban J connectivity index is 3.37. The quantitative estimate of drug-likeness (QED) is 0.600. The molecule has 0 heterocycles. The Labute approximate surface area is 45.1 Å². The van der Waals surface area contributed by atoms with Gasteiger partial charge in [-0.3, -0.25) is 4.39 Å². The molecule has 8 heavy (non-hydrogen) atoms. The Morgan fingerprint density at radius 2 is 1.88 bits per heavy atom. The molecule has 0 aliphatic heterocycles. The Hall–Kier alpha value is -0.250. The van der Waals surface area contributed by atoms with Crippen LogP contribution in [-0.4, -0.2) is 24.3 Å². The monoisotopic (exact) mass is 128 g/mol. The van der Waals surface area contributed by atoms with Crippen LogP contribution in [0.15, 0.2) is 0 Å². The fraction of sp³-hybridized carbons (Fsp3) is 1.00. The standard InChI is InChI=1S/C4H7F3O/c5-2-1-4(6,7)3-8/h8H,1-3H2. The lowest BCUT2D eigenvalue weighted by molar-refractivity contribution is -0.0597. The van der Waals surface area contributed by atoms with Gasteiger partial charge in [-0.25, -0.2) is 8.78 Å². The minimum absolute atomic E-state index is 0.885. The molecule has 0 aromatic heterocycles. The largest absolute Gasteiger partial charge is 0.390 e. The minimum atomic E-state index is -3.23. The SMILES string of the molecule is OCC(F)(F)CCF. The molecular weight excluding hydrogens is 121 g/mol. The molecule has 0 saturated heterocycles. The third-order valence-corrected chi connectivity index (χ3v) is 0.692. The number of rotatable bonds is 3. The van der Waals surface area contributed by atoms with Crippen LogP contribution in [0.3, 0.4) is 0 Å². The van der Waals surface area contributed by atoms with E-state index in [0.29, 0.717) is 0 Å². The Bertz CT molecular complexity index is 64.3. The average Bonchev–Trinajstić information content (AvgIpc) is 1.67. The molecule has 0 aromatic rings. The molecule has 0 atom stereocenters. The summed E-state index contributed by atoms with van der Waals surface area (Å²) in [4.78, 5) is 0. The maximum atomic E-state index is 11.7. The smallest absolute Gasteiger partial charge is 0.273 e.